The fourth-order valence-electron chi connectivity index (χ4n) is 0.825. The molecule has 1 aliphatic rings. The molecule has 0 spiro atoms. The third kappa shape index (κ3) is 1.77. The lowest BCUT2D eigenvalue weighted by Gasteiger charge is -1.89. The van der Waals surface area contributed by atoms with Crippen LogP contribution < -0.4 is 0 Å². The van der Waals surface area contributed by atoms with Gasteiger partial charge in [0, 0.05) is 6.42 Å². The summed E-state index contributed by atoms with van der Waals surface area (Å²) in [6.45, 7) is 1.88. The summed E-state index contributed by atoms with van der Waals surface area (Å²) in [7, 11) is 0. The van der Waals surface area contributed by atoms with Crippen molar-refractivity contribution in [1.29, 1.82) is 0 Å². The van der Waals surface area contributed by atoms with Gasteiger partial charge in [-0.05, 0) is 13.3 Å². The van der Waals surface area contributed by atoms with E-state index in [1.165, 1.54) is 5.57 Å². The smallest absolute Gasteiger partial charge is 0.0305 e. The molecule has 0 saturated carbocycles. The summed E-state index contributed by atoms with van der Waals surface area (Å²) < 4.78 is 0. The van der Waals surface area contributed by atoms with Gasteiger partial charge in [-0.1, -0.05) is 29.7 Å². The van der Waals surface area contributed by atoms with Crippen molar-refractivity contribution < 1.29 is 0 Å². The molecule has 0 nitrogen and oxygen atoms in total. The molecule has 0 aromatic heterocycles. The van der Waals surface area contributed by atoms with Crippen LogP contribution >= 0.6 is 0 Å². The van der Waals surface area contributed by atoms with E-state index in [1.807, 2.05) is 6.92 Å². The Morgan fingerprint density at radius 2 is 2.56 bits per heavy atom. The van der Waals surface area contributed by atoms with Crippen molar-refractivity contribution in [3.8, 4) is 11.8 Å². The second-order valence-corrected chi connectivity index (χ2v) is 2.06. The Morgan fingerprint density at radius 1 is 1.67 bits per heavy atom. The minimum absolute atomic E-state index is 0.948. The van der Waals surface area contributed by atoms with Crippen LogP contribution in [0.3, 0.4) is 0 Å². The van der Waals surface area contributed by atoms with Crippen LogP contribution in [0.2, 0.25) is 0 Å². The zero-order valence-electron chi connectivity index (χ0n) is 5.65. The summed E-state index contributed by atoms with van der Waals surface area (Å²) in [5.41, 5.74) is 1.43. The van der Waals surface area contributed by atoms with E-state index in [4.69, 9.17) is 0 Å². The molecule has 0 amide bonds. The summed E-state index contributed by atoms with van der Waals surface area (Å²) in [6.07, 6.45) is 8.45. The van der Waals surface area contributed by atoms with Gasteiger partial charge in [-0.2, -0.15) is 0 Å². The van der Waals surface area contributed by atoms with Crippen LogP contribution in [0.15, 0.2) is 23.8 Å². The van der Waals surface area contributed by atoms with Crippen molar-refractivity contribution in [3.63, 3.8) is 0 Å². The van der Waals surface area contributed by atoms with Crippen LogP contribution in [-0.4, -0.2) is 0 Å². The normalized spacial score (nSPS) is 14.6. The zero-order valence-corrected chi connectivity index (χ0v) is 5.65. The van der Waals surface area contributed by atoms with Crippen molar-refractivity contribution >= 4 is 0 Å². The van der Waals surface area contributed by atoms with E-state index < -0.39 is 0 Å². The summed E-state index contributed by atoms with van der Waals surface area (Å²) in [5, 5.41) is 0. The van der Waals surface area contributed by atoms with Crippen molar-refractivity contribution in [2.75, 3.05) is 0 Å². The van der Waals surface area contributed by atoms with Crippen LogP contribution in [0, 0.1) is 11.8 Å². The van der Waals surface area contributed by atoms with Crippen LogP contribution in [-0.2, 0) is 0 Å². The highest BCUT2D eigenvalue weighted by molar-refractivity contribution is 5.26. The molecule has 0 aromatic carbocycles. The van der Waals surface area contributed by atoms with Crippen LogP contribution in [0.1, 0.15) is 19.8 Å². The first-order chi connectivity index (χ1) is 4.43. The predicted molar refractivity (Wildman–Crippen MR) is 39.9 cm³/mol. The second kappa shape index (κ2) is 3.14. The van der Waals surface area contributed by atoms with Gasteiger partial charge in [0.15, 0.2) is 0 Å². The van der Waals surface area contributed by atoms with Gasteiger partial charge in [-0.15, -0.1) is 5.92 Å². The zero-order chi connectivity index (χ0) is 6.53. The van der Waals surface area contributed by atoms with E-state index in [9.17, 15) is 0 Å². The van der Waals surface area contributed by atoms with Crippen LogP contribution in [0.4, 0.5) is 0 Å². The summed E-state index contributed by atoms with van der Waals surface area (Å²) in [6, 6.07) is 0. The maximum atomic E-state index is 3.03. The molecule has 0 heteroatoms. The minimum Gasteiger partial charge on any atom is -0.106 e. The maximum absolute atomic E-state index is 3.03. The molecular weight excluding hydrogens is 108 g/mol. The van der Waals surface area contributed by atoms with Gasteiger partial charge in [0.1, 0.15) is 0 Å². The fraction of sp³-hybridized carbons (Fsp3) is 0.333. The standard InChI is InChI=1S/C9H10/c1-2-3-6-9-7-4-5-8-9/h4-5,7H,6,8H2,1H3. The molecule has 1 aliphatic carbocycles. The lowest BCUT2D eigenvalue weighted by Crippen LogP contribution is -1.72. The van der Waals surface area contributed by atoms with Gasteiger partial charge in [-0.3, -0.25) is 0 Å². The van der Waals surface area contributed by atoms with E-state index in [0.717, 1.165) is 12.8 Å². The highest BCUT2D eigenvalue weighted by atomic mass is 14.0. The lowest BCUT2D eigenvalue weighted by atomic mass is 10.2. The van der Waals surface area contributed by atoms with Crippen molar-refractivity contribution in [2.24, 2.45) is 0 Å². The summed E-state index contributed by atoms with van der Waals surface area (Å²) in [4.78, 5) is 0. The molecule has 0 N–H and O–H groups in total. The van der Waals surface area contributed by atoms with Gasteiger partial charge in [0.2, 0.25) is 0 Å². The largest absolute Gasteiger partial charge is 0.106 e. The molecule has 46 valence electrons. The van der Waals surface area contributed by atoms with Crippen molar-refractivity contribution in [2.45, 2.75) is 19.8 Å². The van der Waals surface area contributed by atoms with Gasteiger partial charge in [-0.25, -0.2) is 0 Å². The molecule has 1 rings (SSSR count). The van der Waals surface area contributed by atoms with Crippen molar-refractivity contribution in [3.05, 3.63) is 23.8 Å². The Hall–Kier alpha value is -0.960. The van der Waals surface area contributed by atoms with E-state index in [1.54, 1.807) is 0 Å². The fourth-order valence-corrected chi connectivity index (χ4v) is 0.825. The molecule has 0 atom stereocenters. The second-order valence-electron chi connectivity index (χ2n) is 2.06. The summed E-state index contributed by atoms with van der Waals surface area (Å²) >= 11 is 0. The lowest BCUT2D eigenvalue weighted by molar-refractivity contribution is 1.16. The van der Waals surface area contributed by atoms with Crippen molar-refractivity contribution in [1.82, 2.24) is 0 Å². The third-order valence-electron chi connectivity index (χ3n) is 1.34. The number of allylic oxidation sites excluding steroid dienone is 4. The molecular formula is C9H10. The predicted octanol–water partition coefficient (Wildman–Crippen LogP) is 2.29. The quantitative estimate of drug-likeness (QED) is 0.463. The van der Waals surface area contributed by atoms with Gasteiger partial charge in [0.05, 0.1) is 0 Å². The van der Waals surface area contributed by atoms with Gasteiger partial charge >= 0.3 is 0 Å². The Balaban J connectivity index is 2.36. The van der Waals surface area contributed by atoms with Gasteiger partial charge < -0.3 is 0 Å². The minimum atomic E-state index is 0.948. The Bertz CT molecular complexity index is 196. The van der Waals surface area contributed by atoms with E-state index >= 15 is 0 Å². The van der Waals surface area contributed by atoms with Gasteiger partial charge in [0.25, 0.3) is 0 Å². The van der Waals surface area contributed by atoms with E-state index in [0.29, 0.717) is 0 Å². The highest BCUT2D eigenvalue weighted by Gasteiger charge is 1.94. The first kappa shape index (κ1) is 6.16. The highest BCUT2D eigenvalue weighted by Crippen LogP contribution is 2.12. The number of hydrogen-bond donors (Lipinski definition) is 0. The number of rotatable bonds is 1. The molecule has 0 heterocycles. The molecule has 0 unspecified atom stereocenters. The average molecular weight is 118 g/mol. The molecule has 9 heavy (non-hydrogen) atoms. The number of hydrogen-bond acceptors (Lipinski definition) is 0. The SMILES string of the molecule is CC#CCC1=CC=CC1. The molecule has 0 fully saturated rings. The van der Waals surface area contributed by atoms with E-state index in [2.05, 4.69) is 30.1 Å². The topological polar surface area (TPSA) is 0 Å². The molecule has 0 aromatic rings. The first-order valence-electron chi connectivity index (χ1n) is 3.17. The third-order valence-corrected chi connectivity index (χ3v) is 1.34. The van der Waals surface area contributed by atoms with Crippen LogP contribution in [0.5, 0.6) is 0 Å². The molecule has 0 aliphatic heterocycles. The Morgan fingerprint density at radius 3 is 3.11 bits per heavy atom. The molecule has 0 radical (unpaired) electrons. The molecule has 0 saturated heterocycles. The monoisotopic (exact) mass is 118 g/mol. The maximum Gasteiger partial charge on any atom is 0.0305 e. The average Bonchev–Trinajstić information content (AvgIpc) is 2.34. The summed E-state index contributed by atoms with van der Waals surface area (Å²) in [5.74, 6) is 5.91. The first-order valence-corrected chi connectivity index (χ1v) is 3.17. The molecule has 0 bridgehead atoms. The Kier molecular flexibility index (Phi) is 2.15. The Labute approximate surface area is 56.3 Å². The van der Waals surface area contributed by atoms with E-state index in [-0.39, 0.29) is 0 Å². The van der Waals surface area contributed by atoms with Crippen LogP contribution in [0.25, 0.3) is 0 Å².